The lowest BCUT2D eigenvalue weighted by Gasteiger charge is -2.15. The van der Waals surface area contributed by atoms with Crippen molar-refractivity contribution >= 4 is 11.6 Å². The highest BCUT2D eigenvalue weighted by molar-refractivity contribution is 5.95. The molecule has 2 aromatic carbocycles. The molecule has 0 unspecified atom stereocenters. The molecular formula is C17H11F3N4O. The van der Waals surface area contributed by atoms with Crippen LogP contribution in [0.1, 0.15) is 32.6 Å². The summed E-state index contributed by atoms with van der Waals surface area (Å²) in [6, 6.07) is 10.9. The number of carbonyl (C=O) groups is 1. The van der Waals surface area contributed by atoms with Gasteiger partial charge >= 0.3 is 6.18 Å². The number of nitrogens with zero attached hydrogens (tertiary/aromatic N) is 2. The summed E-state index contributed by atoms with van der Waals surface area (Å²) in [5, 5.41) is 17.7. The van der Waals surface area contributed by atoms with Gasteiger partial charge in [0.2, 0.25) is 0 Å². The van der Waals surface area contributed by atoms with Crippen LogP contribution in [0.3, 0.4) is 0 Å². The Hall–Kier alpha value is -3.52. The zero-order chi connectivity index (χ0) is 18.6. The Labute approximate surface area is 141 Å². The normalized spacial score (nSPS) is 10.5. The second-order valence-electron chi connectivity index (χ2n) is 5.09. The van der Waals surface area contributed by atoms with E-state index in [-0.39, 0.29) is 11.1 Å². The van der Waals surface area contributed by atoms with Crippen molar-refractivity contribution in [2.24, 2.45) is 0 Å². The summed E-state index contributed by atoms with van der Waals surface area (Å²) >= 11 is 0. The minimum atomic E-state index is -4.70. The number of hydrogen-bond donors (Lipinski definition) is 2. The molecule has 0 saturated carbocycles. The van der Waals surface area contributed by atoms with Gasteiger partial charge in [0.25, 0.3) is 5.91 Å². The molecule has 0 radical (unpaired) electrons. The minimum absolute atomic E-state index is 0.122. The Morgan fingerprint density at radius 2 is 1.80 bits per heavy atom. The summed E-state index contributed by atoms with van der Waals surface area (Å²) in [6.45, 7) is 1.70. The van der Waals surface area contributed by atoms with Crippen LogP contribution in [0.15, 0.2) is 36.4 Å². The molecule has 2 N–H and O–H groups in total. The van der Waals surface area contributed by atoms with Crippen LogP contribution in [0.25, 0.3) is 0 Å². The Morgan fingerprint density at radius 3 is 2.40 bits per heavy atom. The summed E-state index contributed by atoms with van der Waals surface area (Å²) in [5.74, 6) is -0.700. The SMILES string of the molecule is Cc1ccc(C(=O)NNc2ccc(C#N)cc2C(F)(F)F)cc1C#N. The number of halogens is 3. The molecule has 0 saturated heterocycles. The van der Waals surface area contributed by atoms with Crippen LogP contribution in [0.2, 0.25) is 0 Å². The maximum Gasteiger partial charge on any atom is 0.418 e. The fourth-order valence-electron chi connectivity index (χ4n) is 2.04. The molecule has 0 atom stereocenters. The van der Waals surface area contributed by atoms with E-state index in [1.807, 2.05) is 6.07 Å². The lowest BCUT2D eigenvalue weighted by atomic mass is 10.1. The second kappa shape index (κ2) is 6.93. The van der Waals surface area contributed by atoms with Gasteiger partial charge in [-0.25, -0.2) is 0 Å². The lowest BCUT2D eigenvalue weighted by Crippen LogP contribution is -2.30. The minimum Gasteiger partial charge on any atom is -0.298 e. The van der Waals surface area contributed by atoms with Gasteiger partial charge in [-0.2, -0.15) is 23.7 Å². The van der Waals surface area contributed by atoms with E-state index in [1.54, 1.807) is 19.1 Å². The monoisotopic (exact) mass is 344 g/mol. The third-order valence-corrected chi connectivity index (χ3v) is 3.38. The molecule has 25 heavy (non-hydrogen) atoms. The number of alkyl halides is 3. The van der Waals surface area contributed by atoms with Crippen molar-refractivity contribution in [1.29, 1.82) is 10.5 Å². The lowest BCUT2D eigenvalue weighted by molar-refractivity contribution is -0.137. The smallest absolute Gasteiger partial charge is 0.298 e. The van der Waals surface area contributed by atoms with Gasteiger partial charge in [-0.15, -0.1) is 0 Å². The molecule has 0 spiro atoms. The van der Waals surface area contributed by atoms with E-state index in [1.165, 1.54) is 18.2 Å². The summed E-state index contributed by atoms with van der Waals surface area (Å²) in [5.41, 5.74) is 3.84. The second-order valence-corrected chi connectivity index (χ2v) is 5.09. The maximum atomic E-state index is 13.1. The zero-order valence-corrected chi connectivity index (χ0v) is 12.9. The zero-order valence-electron chi connectivity index (χ0n) is 12.9. The number of aryl methyl sites for hydroxylation is 1. The van der Waals surface area contributed by atoms with Crippen LogP contribution in [0.4, 0.5) is 18.9 Å². The molecule has 2 rings (SSSR count). The predicted octanol–water partition coefficient (Wildman–Crippen LogP) is 3.51. The van der Waals surface area contributed by atoms with E-state index in [2.05, 4.69) is 10.9 Å². The Kier molecular flexibility index (Phi) is 4.94. The Balaban J connectivity index is 2.23. The first-order valence-electron chi connectivity index (χ1n) is 6.94. The first kappa shape index (κ1) is 17.8. The van der Waals surface area contributed by atoms with Crippen LogP contribution in [0, 0.1) is 29.6 Å². The molecule has 2 aromatic rings. The summed E-state index contributed by atoms with van der Waals surface area (Å²) < 4.78 is 39.2. The van der Waals surface area contributed by atoms with Gasteiger partial charge in [0.15, 0.2) is 0 Å². The molecular weight excluding hydrogens is 333 g/mol. The molecule has 0 heterocycles. The molecule has 0 fully saturated rings. The van der Waals surface area contributed by atoms with Crippen molar-refractivity contribution in [3.8, 4) is 12.1 Å². The van der Waals surface area contributed by atoms with E-state index in [0.717, 1.165) is 6.07 Å². The number of nitrogens with one attached hydrogen (secondary N) is 2. The van der Waals surface area contributed by atoms with Gasteiger partial charge in [-0.1, -0.05) is 6.07 Å². The summed E-state index contributed by atoms with van der Waals surface area (Å²) in [7, 11) is 0. The van der Waals surface area contributed by atoms with Crippen molar-refractivity contribution in [2.45, 2.75) is 13.1 Å². The van der Waals surface area contributed by atoms with Gasteiger partial charge in [0, 0.05) is 5.56 Å². The number of benzene rings is 2. The average Bonchev–Trinajstić information content (AvgIpc) is 2.59. The third kappa shape index (κ3) is 4.06. The molecule has 126 valence electrons. The standard InChI is InChI=1S/C17H11F3N4O/c1-10-2-4-12(7-13(10)9-22)16(25)24-23-15-5-3-11(8-21)6-14(15)17(18,19)20/h2-7,23H,1H3,(H,24,25). The highest BCUT2D eigenvalue weighted by Gasteiger charge is 2.34. The molecule has 1 amide bonds. The van der Waals surface area contributed by atoms with Gasteiger partial charge in [0.1, 0.15) is 0 Å². The first-order chi connectivity index (χ1) is 11.8. The van der Waals surface area contributed by atoms with E-state index < -0.39 is 23.3 Å². The molecule has 0 bridgehead atoms. The number of amides is 1. The highest BCUT2D eigenvalue weighted by atomic mass is 19.4. The van der Waals surface area contributed by atoms with Crippen molar-refractivity contribution < 1.29 is 18.0 Å². The summed E-state index contributed by atoms with van der Waals surface area (Å²) in [4.78, 5) is 12.1. The number of hydrazine groups is 1. The van der Waals surface area contributed by atoms with Crippen molar-refractivity contribution in [1.82, 2.24) is 5.43 Å². The molecule has 0 aliphatic rings. The largest absolute Gasteiger partial charge is 0.418 e. The number of hydrogen-bond acceptors (Lipinski definition) is 4. The first-order valence-corrected chi connectivity index (χ1v) is 6.94. The van der Waals surface area contributed by atoms with Crippen LogP contribution < -0.4 is 10.9 Å². The fourth-order valence-corrected chi connectivity index (χ4v) is 2.04. The van der Waals surface area contributed by atoms with Crippen molar-refractivity contribution in [2.75, 3.05) is 5.43 Å². The maximum absolute atomic E-state index is 13.1. The van der Waals surface area contributed by atoms with E-state index in [0.29, 0.717) is 17.2 Å². The topological polar surface area (TPSA) is 88.7 Å². The van der Waals surface area contributed by atoms with Crippen LogP contribution in [-0.2, 0) is 6.18 Å². The third-order valence-electron chi connectivity index (χ3n) is 3.38. The highest BCUT2D eigenvalue weighted by Crippen LogP contribution is 2.35. The number of anilines is 1. The average molecular weight is 344 g/mol. The molecule has 0 aliphatic heterocycles. The van der Waals surface area contributed by atoms with Gasteiger partial charge in [-0.05, 0) is 42.8 Å². The van der Waals surface area contributed by atoms with Gasteiger partial charge in [-0.3, -0.25) is 15.6 Å². The van der Waals surface area contributed by atoms with E-state index in [4.69, 9.17) is 10.5 Å². The van der Waals surface area contributed by atoms with Crippen molar-refractivity contribution in [3.05, 3.63) is 64.2 Å². The molecule has 8 heteroatoms. The Bertz CT molecular complexity index is 908. The molecule has 0 aliphatic carbocycles. The number of nitriles is 2. The predicted molar refractivity (Wildman–Crippen MR) is 83.1 cm³/mol. The van der Waals surface area contributed by atoms with Crippen LogP contribution >= 0.6 is 0 Å². The van der Waals surface area contributed by atoms with E-state index >= 15 is 0 Å². The molecule has 0 aromatic heterocycles. The quantitative estimate of drug-likeness (QED) is 0.834. The Morgan fingerprint density at radius 1 is 1.08 bits per heavy atom. The number of rotatable bonds is 3. The van der Waals surface area contributed by atoms with Crippen molar-refractivity contribution in [3.63, 3.8) is 0 Å². The van der Waals surface area contributed by atoms with Gasteiger partial charge < -0.3 is 0 Å². The molecule has 5 nitrogen and oxygen atoms in total. The summed E-state index contributed by atoms with van der Waals surface area (Å²) in [6.07, 6.45) is -4.70. The number of carbonyl (C=O) groups excluding carboxylic acids is 1. The van der Waals surface area contributed by atoms with Crippen LogP contribution in [0.5, 0.6) is 0 Å². The fraction of sp³-hybridized carbons (Fsp3) is 0.118. The van der Waals surface area contributed by atoms with Crippen LogP contribution in [-0.4, -0.2) is 5.91 Å². The van der Waals surface area contributed by atoms with Gasteiger partial charge in [0.05, 0.1) is 34.5 Å². The van der Waals surface area contributed by atoms with E-state index in [9.17, 15) is 18.0 Å².